The van der Waals surface area contributed by atoms with Gasteiger partial charge in [0.2, 0.25) is 0 Å². The van der Waals surface area contributed by atoms with E-state index in [2.05, 4.69) is 68.9 Å². The van der Waals surface area contributed by atoms with Gasteiger partial charge in [0.1, 0.15) is 11.6 Å². The molecular weight excluding hydrogens is 396 g/mol. The molecule has 2 aromatic heterocycles. The van der Waals surface area contributed by atoms with Gasteiger partial charge in [0.25, 0.3) is 0 Å². The second-order valence-corrected chi connectivity index (χ2v) is 8.80. The van der Waals surface area contributed by atoms with Gasteiger partial charge in [0, 0.05) is 44.3 Å². The van der Waals surface area contributed by atoms with Gasteiger partial charge in [0.05, 0.1) is 7.11 Å². The molecule has 0 radical (unpaired) electrons. The molecule has 1 aliphatic heterocycles. The summed E-state index contributed by atoms with van der Waals surface area (Å²) in [4.78, 5) is 9.77. The van der Waals surface area contributed by atoms with Gasteiger partial charge in [-0.3, -0.25) is 4.90 Å². The van der Waals surface area contributed by atoms with Crippen LogP contribution in [0.25, 0.3) is 5.82 Å². The van der Waals surface area contributed by atoms with E-state index in [1.165, 1.54) is 37.2 Å². The first-order valence-electron chi connectivity index (χ1n) is 11.9. The number of hydrogen-bond acceptors (Lipinski definition) is 4. The topological polar surface area (TPSA) is 33.5 Å². The molecule has 0 saturated carbocycles. The van der Waals surface area contributed by atoms with Gasteiger partial charge in [-0.1, -0.05) is 25.1 Å². The summed E-state index contributed by atoms with van der Waals surface area (Å²) in [6.45, 7) is 8.99. The monoisotopic (exact) mass is 432 g/mol. The number of ether oxygens (including phenoxy) is 1. The molecule has 0 spiro atoms. The SMILES string of the molecule is CCN(Cc1cccn1-c1ccccn1)CC1CCCN(CCc2cccc(OC)c2)C1. The Balaban J connectivity index is 1.31. The molecule has 5 nitrogen and oxygen atoms in total. The van der Waals surface area contributed by atoms with Gasteiger partial charge in [-0.05, 0) is 80.2 Å². The van der Waals surface area contributed by atoms with Crippen LogP contribution < -0.4 is 4.74 Å². The van der Waals surface area contributed by atoms with Crippen LogP contribution in [0.3, 0.4) is 0 Å². The Morgan fingerprint density at radius 1 is 1.12 bits per heavy atom. The highest BCUT2D eigenvalue weighted by Crippen LogP contribution is 2.21. The number of likely N-dealkylation sites (tertiary alicyclic amines) is 1. The molecule has 1 aliphatic rings. The first-order valence-corrected chi connectivity index (χ1v) is 11.9. The lowest BCUT2D eigenvalue weighted by Crippen LogP contribution is -2.41. The molecule has 4 rings (SSSR count). The third-order valence-electron chi connectivity index (χ3n) is 6.53. The van der Waals surface area contributed by atoms with Gasteiger partial charge in [-0.2, -0.15) is 0 Å². The van der Waals surface area contributed by atoms with E-state index in [0.29, 0.717) is 0 Å². The fraction of sp³-hybridized carbons (Fsp3) is 0.444. The van der Waals surface area contributed by atoms with Crippen molar-refractivity contribution < 1.29 is 4.74 Å². The predicted octanol–water partition coefficient (Wildman–Crippen LogP) is 4.66. The van der Waals surface area contributed by atoms with Crippen LogP contribution in [0, 0.1) is 5.92 Å². The van der Waals surface area contributed by atoms with Crippen molar-refractivity contribution in [3.8, 4) is 11.6 Å². The summed E-state index contributed by atoms with van der Waals surface area (Å²) in [6, 6.07) is 18.9. The normalized spacial score (nSPS) is 17.0. The summed E-state index contributed by atoms with van der Waals surface area (Å²) in [5, 5.41) is 0. The smallest absolute Gasteiger partial charge is 0.136 e. The van der Waals surface area contributed by atoms with Gasteiger partial charge in [-0.15, -0.1) is 0 Å². The molecule has 170 valence electrons. The Kier molecular flexibility index (Phi) is 7.97. The maximum atomic E-state index is 5.37. The van der Waals surface area contributed by atoms with Crippen LogP contribution in [0.4, 0.5) is 0 Å². The Labute approximate surface area is 192 Å². The molecule has 5 heteroatoms. The zero-order chi connectivity index (χ0) is 22.2. The Bertz CT molecular complexity index is 955. The summed E-state index contributed by atoms with van der Waals surface area (Å²) < 4.78 is 7.59. The molecule has 1 aromatic carbocycles. The van der Waals surface area contributed by atoms with Crippen molar-refractivity contribution in [2.45, 2.75) is 32.7 Å². The molecule has 0 bridgehead atoms. The fourth-order valence-corrected chi connectivity index (χ4v) is 4.78. The number of rotatable bonds is 10. The number of benzene rings is 1. The maximum Gasteiger partial charge on any atom is 0.136 e. The van der Waals surface area contributed by atoms with E-state index < -0.39 is 0 Å². The molecule has 1 saturated heterocycles. The van der Waals surface area contributed by atoms with Crippen molar-refractivity contribution in [3.05, 3.63) is 78.2 Å². The van der Waals surface area contributed by atoms with Crippen molar-refractivity contribution in [1.82, 2.24) is 19.4 Å². The number of pyridine rings is 1. The highest BCUT2D eigenvalue weighted by molar-refractivity contribution is 5.29. The van der Waals surface area contributed by atoms with Gasteiger partial charge in [-0.25, -0.2) is 4.98 Å². The third kappa shape index (κ3) is 5.99. The average Bonchev–Trinajstić information content (AvgIpc) is 3.31. The number of methoxy groups -OCH3 is 1. The largest absolute Gasteiger partial charge is 0.497 e. The van der Waals surface area contributed by atoms with Gasteiger partial charge in [0.15, 0.2) is 0 Å². The van der Waals surface area contributed by atoms with E-state index in [1.54, 1.807) is 7.11 Å². The van der Waals surface area contributed by atoms with Crippen LogP contribution in [0.2, 0.25) is 0 Å². The van der Waals surface area contributed by atoms with Crippen molar-refractivity contribution >= 4 is 0 Å². The van der Waals surface area contributed by atoms with Crippen LogP contribution in [0.5, 0.6) is 5.75 Å². The summed E-state index contributed by atoms with van der Waals surface area (Å²) in [7, 11) is 1.74. The zero-order valence-corrected chi connectivity index (χ0v) is 19.5. The molecule has 1 unspecified atom stereocenters. The Morgan fingerprint density at radius 2 is 2.06 bits per heavy atom. The van der Waals surface area contributed by atoms with E-state index in [9.17, 15) is 0 Å². The number of hydrogen-bond donors (Lipinski definition) is 0. The lowest BCUT2D eigenvalue weighted by Gasteiger charge is -2.35. The summed E-state index contributed by atoms with van der Waals surface area (Å²) >= 11 is 0. The molecule has 0 amide bonds. The lowest BCUT2D eigenvalue weighted by molar-refractivity contribution is 0.132. The summed E-state index contributed by atoms with van der Waals surface area (Å²) in [6.07, 6.45) is 7.68. The van der Waals surface area contributed by atoms with E-state index in [4.69, 9.17) is 4.74 Å². The van der Waals surface area contributed by atoms with Crippen LogP contribution in [-0.2, 0) is 13.0 Å². The number of piperidine rings is 1. The highest BCUT2D eigenvalue weighted by atomic mass is 16.5. The molecule has 3 heterocycles. The van der Waals surface area contributed by atoms with E-state index in [0.717, 1.165) is 50.1 Å². The minimum absolute atomic E-state index is 0.729. The highest BCUT2D eigenvalue weighted by Gasteiger charge is 2.22. The lowest BCUT2D eigenvalue weighted by atomic mass is 9.96. The first-order chi connectivity index (χ1) is 15.7. The van der Waals surface area contributed by atoms with Crippen molar-refractivity contribution in [2.75, 3.05) is 39.8 Å². The van der Waals surface area contributed by atoms with Crippen LogP contribution >= 0.6 is 0 Å². The quantitative estimate of drug-likeness (QED) is 0.467. The summed E-state index contributed by atoms with van der Waals surface area (Å²) in [5.74, 6) is 2.67. The summed E-state index contributed by atoms with van der Waals surface area (Å²) in [5.41, 5.74) is 2.66. The molecule has 3 aromatic rings. The molecule has 1 fully saturated rings. The first kappa shape index (κ1) is 22.6. The molecule has 32 heavy (non-hydrogen) atoms. The average molecular weight is 433 g/mol. The zero-order valence-electron chi connectivity index (χ0n) is 19.5. The van der Waals surface area contributed by atoms with Crippen LogP contribution in [0.15, 0.2) is 67.0 Å². The molecular formula is C27H36N4O. The minimum Gasteiger partial charge on any atom is -0.497 e. The fourth-order valence-electron chi connectivity index (χ4n) is 4.78. The van der Waals surface area contributed by atoms with E-state index in [-0.39, 0.29) is 0 Å². The van der Waals surface area contributed by atoms with Crippen LogP contribution in [0.1, 0.15) is 31.0 Å². The molecule has 1 atom stereocenters. The minimum atomic E-state index is 0.729. The van der Waals surface area contributed by atoms with Crippen molar-refractivity contribution in [1.29, 1.82) is 0 Å². The second kappa shape index (κ2) is 11.3. The molecule has 0 N–H and O–H groups in total. The van der Waals surface area contributed by atoms with Gasteiger partial charge < -0.3 is 14.2 Å². The number of nitrogens with zero attached hydrogens (tertiary/aromatic N) is 4. The van der Waals surface area contributed by atoms with Crippen molar-refractivity contribution in [3.63, 3.8) is 0 Å². The van der Waals surface area contributed by atoms with Gasteiger partial charge >= 0.3 is 0 Å². The number of aromatic nitrogens is 2. The Hall–Kier alpha value is -2.63. The molecule has 0 aliphatic carbocycles. The second-order valence-electron chi connectivity index (χ2n) is 8.80. The standard InChI is InChI=1S/C27H36N4O/c1-3-29(22-25-11-8-17-31(25)27-13-4-5-15-28-27)20-24-10-7-16-30(21-24)18-14-23-9-6-12-26(19-23)32-2/h4-6,8-9,11-13,15,17,19,24H,3,7,10,14,16,18,20-22H2,1-2H3. The van der Waals surface area contributed by atoms with Crippen molar-refractivity contribution in [2.24, 2.45) is 5.92 Å². The van der Waals surface area contributed by atoms with Crippen LogP contribution in [-0.4, -0.2) is 59.2 Å². The van der Waals surface area contributed by atoms with E-state index in [1.807, 2.05) is 24.4 Å². The predicted molar refractivity (Wildman–Crippen MR) is 130 cm³/mol. The third-order valence-corrected chi connectivity index (χ3v) is 6.53. The maximum absolute atomic E-state index is 5.37. The Morgan fingerprint density at radius 3 is 2.88 bits per heavy atom. The van der Waals surface area contributed by atoms with E-state index >= 15 is 0 Å².